The summed E-state index contributed by atoms with van der Waals surface area (Å²) in [6.45, 7) is 13.4. The van der Waals surface area contributed by atoms with Gasteiger partial charge in [-0.15, -0.1) is 0 Å². The molecule has 0 atom stereocenters. The number of nitrogens with zero attached hydrogens (tertiary/aromatic N) is 2. The van der Waals surface area contributed by atoms with Gasteiger partial charge in [0.15, 0.2) is 5.71 Å². The summed E-state index contributed by atoms with van der Waals surface area (Å²) < 4.78 is 8.41. The largest absolute Gasteiger partial charge is 0.508 e. The zero-order chi connectivity index (χ0) is 30.5. The van der Waals surface area contributed by atoms with Crippen molar-refractivity contribution in [3.63, 3.8) is 0 Å². The van der Waals surface area contributed by atoms with Gasteiger partial charge in [0.2, 0.25) is 5.69 Å². The minimum Gasteiger partial charge on any atom is -0.508 e. The first-order chi connectivity index (χ1) is 20.5. The van der Waals surface area contributed by atoms with Crippen molar-refractivity contribution in [3.05, 3.63) is 119 Å². The van der Waals surface area contributed by atoms with E-state index in [1.165, 1.54) is 27.5 Å². The highest BCUT2D eigenvalue weighted by Gasteiger charge is 2.45. The van der Waals surface area contributed by atoms with E-state index in [-0.39, 0.29) is 22.4 Å². The van der Waals surface area contributed by atoms with E-state index in [1.807, 2.05) is 0 Å². The van der Waals surface area contributed by atoms with Gasteiger partial charge in [-0.25, -0.2) is 0 Å². The number of ether oxygens (including phenoxy) is 1. The zero-order valence-electron chi connectivity index (χ0n) is 25.8. The number of anilines is 1. The first-order valence-electron chi connectivity index (χ1n) is 14.8. The fourth-order valence-corrected chi connectivity index (χ4v) is 6.78. The van der Waals surface area contributed by atoms with Gasteiger partial charge in [-0.2, -0.15) is 4.58 Å². The van der Waals surface area contributed by atoms with Crippen LogP contribution in [0.25, 0.3) is 10.8 Å². The molecule has 43 heavy (non-hydrogen) atoms. The van der Waals surface area contributed by atoms with Crippen LogP contribution in [0.4, 0.5) is 11.4 Å². The Labute approximate surface area is 254 Å². The van der Waals surface area contributed by atoms with E-state index >= 15 is 0 Å². The Morgan fingerprint density at radius 3 is 2.42 bits per heavy atom. The molecule has 0 aromatic heterocycles. The zero-order valence-corrected chi connectivity index (χ0v) is 25.8. The molecule has 0 unspecified atom stereocenters. The fourth-order valence-electron chi connectivity index (χ4n) is 6.78. The van der Waals surface area contributed by atoms with Crippen LogP contribution < -0.4 is 9.64 Å². The number of para-hydroxylation sites is 1. The van der Waals surface area contributed by atoms with Crippen LogP contribution in [0.5, 0.6) is 11.5 Å². The molecule has 4 aromatic rings. The molecular weight excluding hydrogens is 532 g/mol. The van der Waals surface area contributed by atoms with Gasteiger partial charge in [-0.05, 0) is 80.4 Å². The van der Waals surface area contributed by atoms with Crippen LogP contribution in [0.15, 0.2) is 103 Å². The Hall–Kier alpha value is -4.64. The van der Waals surface area contributed by atoms with E-state index in [0.29, 0.717) is 19.0 Å². The highest BCUT2D eigenvalue weighted by Crippen LogP contribution is 2.51. The maximum absolute atomic E-state index is 12.5. The summed E-state index contributed by atoms with van der Waals surface area (Å²) in [6.07, 6.45) is 6.48. The summed E-state index contributed by atoms with van der Waals surface area (Å²) >= 11 is 0. The van der Waals surface area contributed by atoms with Crippen LogP contribution >= 0.6 is 0 Å². The molecule has 0 saturated carbocycles. The normalized spacial score (nSPS) is 17.6. The summed E-state index contributed by atoms with van der Waals surface area (Å²) in [4.78, 5) is 14.7. The Kier molecular flexibility index (Phi) is 7.00. The molecule has 5 nitrogen and oxygen atoms in total. The summed E-state index contributed by atoms with van der Waals surface area (Å²) in [5, 5.41) is 12.1. The molecule has 6 rings (SSSR count). The third kappa shape index (κ3) is 4.93. The summed E-state index contributed by atoms with van der Waals surface area (Å²) in [6, 6.07) is 26.2. The Balaban J connectivity index is 1.43. The molecule has 0 radical (unpaired) electrons. The molecule has 0 bridgehead atoms. The summed E-state index contributed by atoms with van der Waals surface area (Å²) in [5.74, 6) is 1.03. The molecule has 0 spiro atoms. The van der Waals surface area contributed by atoms with E-state index in [4.69, 9.17) is 4.74 Å². The average Bonchev–Trinajstić information content (AvgIpc) is 3.31. The van der Waals surface area contributed by atoms with E-state index in [1.54, 1.807) is 31.2 Å². The van der Waals surface area contributed by atoms with E-state index in [0.717, 1.165) is 22.8 Å². The lowest BCUT2D eigenvalue weighted by molar-refractivity contribution is -0.475. The van der Waals surface area contributed by atoms with Gasteiger partial charge in [-0.3, -0.25) is 4.79 Å². The van der Waals surface area contributed by atoms with Crippen LogP contribution in [-0.4, -0.2) is 34.5 Å². The van der Waals surface area contributed by atoms with E-state index < -0.39 is 0 Å². The van der Waals surface area contributed by atoms with Crippen LogP contribution in [0.2, 0.25) is 0 Å². The van der Waals surface area contributed by atoms with Crippen molar-refractivity contribution >= 4 is 33.6 Å². The van der Waals surface area contributed by atoms with Crippen LogP contribution in [0, 0.1) is 6.92 Å². The molecule has 0 amide bonds. The van der Waals surface area contributed by atoms with E-state index in [2.05, 4.69) is 117 Å². The first kappa shape index (κ1) is 28.5. The smallest absolute Gasteiger partial charge is 0.292 e. The van der Waals surface area contributed by atoms with Crippen molar-refractivity contribution in [1.29, 1.82) is 0 Å². The maximum Gasteiger partial charge on any atom is 0.292 e. The second-order valence-electron chi connectivity index (χ2n) is 12.7. The van der Waals surface area contributed by atoms with Crippen LogP contribution in [0.3, 0.4) is 0 Å². The monoisotopic (exact) mass is 571 g/mol. The Morgan fingerprint density at radius 1 is 0.953 bits per heavy atom. The van der Waals surface area contributed by atoms with Gasteiger partial charge < -0.3 is 14.7 Å². The predicted molar refractivity (Wildman–Crippen MR) is 175 cm³/mol. The van der Waals surface area contributed by atoms with Crippen LogP contribution in [-0.2, 0) is 15.6 Å². The van der Waals surface area contributed by atoms with Gasteiger partial charge >= 0.3 is 0 Å². The molecule has 0 fully saturated rings. The number of ketones is 1. The van der Waals surface area contributed by atoms with Crippen molar-refractivity contribution in [2.75, 3.05) is 18.2 Å². The minimum atomic E-state index is -0.303. The number of carbonyl (C=O) groups excluding carboxylic acids is 1. The quantitative estimate of drug-likeness (QED) is 0.228. The molecule has 0 saturated heterocycles. The number of aryl methyl sites for hydroxylation is 1. The summed E-state index contributed by atoms with van der Waals surface area (Å²) in [5.41, 5.74) is 7.62. The topological polar surface area (TPSA) is 52.8 Å². The van der Waals surface area contributed by atoms with Gasteiger partial charge in [0, 0.05) is 34.5 Å². The number of Topliss-reactive ketones (excluding diaryl/α,β-unsaturated/α-hetero) is 1. The molecular formula is C38H39N2O3+. The third-order valence-corrected chi connectivity index (χ3v) is 8.89. The molecule has 5 heteroatoms. The molecule has 1 N–H and O–H groups in total. The number of aromatic hydroxyl groups is 1. The van der Waals surface area contributed by atoms with Gasteiger partial charge in [0.25, 0.3) is 6.73 Å². The summed E-state index contributed by atoms with van der Waals surface area (Å²) in [7, 11) is 0. The number of fused-ring (bicyclic) bond motifs is 4. The molecule has 218 valence electrons. The van der Waals surface area contributed by atoms with Crippen molar-refractivity contribution < 1.29 is 19.2 Å². The molecule has 2 aliphatic rings. The minimum absolute atomic E-state index is 0.127. The maximum atomic E-state index is 12.5. The first-order valence-corrected chi connectivity index (χ1v) is 14.8. The van der Waals surface area contributed by atoms with Crippen molar-refractivity contribution in [2.45, 2.75) is 52.4 Å². The van der Waals surface area contributed by atoms with Crippen molar-refractivity contribution in [3.8, 4) is 11.5 Å². The third-order valence-electron chi connectivity index (χ3n) is 8.89. The lowest BCUT2D eigenvalue weighted by atomic mass is 9.80. The Morgan fingerprint density at radius 2 is 1.67 bits per heavy atom. The standard InChI is InChI=1S/C38H38N2O3/c1-25-14-15-27-16-21-33-36(30(27)22-25)38(5,6)35(39(33)23-26(2)41)13-9-12-34-37(3,4)31-10-7-8-11-32(31)40(34)24-43-29-19-17-28(42)18-20-29/h7-22H,23-24H2,1-6H3/p+1. The fraction of sp³-hybridized carbons (Fsp3) is 0.263. The molecule has 2 aliphatic heterocycles. The van der Waals surface area contributed by atoms with E-state index in [9.17, 15) is 9.90 Å². The Bertz CT molecular complexity index is 1840. The SMILES string of the molecule is CC(=O)CN1C(=CC=CC2=[N+](COc3ccc(O)cc3)c3ccccc3C2(C)C)C(C)(C)c2c1ccc1ccc(C)cc21. The van der Waals surface area contributed by atoms with Gasteiger partial charge in [-0.1, -0.05) is 68.0 Å². The lowest BCUT2D eigenvalue weighted by Gasteiger charge is -2.26. The van der Waals surface area contributed by atoms with Gasteiger partial charge in [0.05, 0.1) is 12.0 Å². The highest BCUT2D eigenvalue weighted by atomic mass is 16.5. The average molecular weight is 572 g/mol. The van der Waals surface area contributed by atoms with Gasteiger partial charge in [0.1, 0.15) is 17.3 Å². The second-order valence-corrected chi connectivity index (χ2v) is 12.7. The molecule has 2 heterocycles. The number of benzene rings is 4. The van der Waals surface area contributed by atoms with Crippen LogP contribution in [0.1, 0.15) is 51.3 Å². The highest BCUT2D eigenvalue weighted by molar-refractivity contribution is 6.03. The number of rotatable bonds is 7. The second kappa shape index (κ2) is 10.6. The number of hydrogen-bond donors (Lipinski definition) is 1. The van der Waals surface area contributed by atoms with Crippen molar-refractivity contribution in [2.24, 2.45) is 0 Å². The molecule has 0 aliphatic carbocycles. The number of hydrogen-bond acceptors (Lipinski definition) is 4. The number of phenolic OH excluding ortho intramolecular Hbond substituents is 1. The number of phenols is 1. The number of allylic oxidation sites excluding steroid dienone is 4. The van der Waals surface area contributed by atoms with Crippen molar-refractivity contribution in [1.82, 2.24) is 0 Å². The molecule has 4 aromatic carbocycles. The lowest BCUT2D eigenvalue weighted by Crippen LogP contribution is -2.30. The number of carbonyl (C=O) groups is 1. The predicted octanol–water partition coefficient (Wildman–Crippen LogP) is 8.09.